The summed E-state index contributed by atoms with van der Waals surface area (Å²) in [6.07, 6.45) is 0. The van der Waals surface area contributed by atoms with Crippen LogP contribution in [-0.4, -0.2) is 0 Å². The molecule has 1 aromatic heterocycles. The van der Waals surface area contributed by atoms with Gasteiger partial charge in [-0.1, -0.05) is 158 Å². The summed E-state index contributed by atoms with van der Waals surface area (Å²) >= 11 is 1.87. The fourth-order valence-electron chi connectivity index (χ4n) is 7.82. The number of hydrogen-bond donors (Lipinski definition) is 0. The summed E-state index contributed by atoms with van der Waals surface area (Å²) in [5, 5.41) is 7.67. The molecule has 0 saturated carbocycles. The van der Waals surface area contributed by atoms with E-state index in [0.717, 1.165) is 11.4 Å². The number of benzene rings is 9. The van der Waals surface area contributed by atoms with Crippen molar-refractivity contribution < 1.29 is 0 Å². The van der Waals surface area contributed by atoms with Gasteiger partial charge in [-0.05, 0) is 97.4 Å². The highest BCUT2D eigenvalue weighted by atomic mass is 32.1. The molecule has 0 unspecified atom stereocenters. The van der Waals surface area contributed by atoms with Crippen LogP contribution in [-0.2, 0) is 0 Å². The van der Waals surface area contributed by atoms with Gasteiger partial charge in [0.25, 0.3) is 0 Å². The lowest BCUT2D eigenvalue weighted by Crippen LogP contribution is -2.10. The standard InChI is InChI=1S/C50H33NS/c1-3-14-34(15-4-1)41-31-30-39(33-47(41)35-16-5-2-6-17-35)51(48-24-13-23-45-44-22-11-12-25-49(44)52-50(45)48)38-28-26-36(27-29-38)46-32-37-18-7-8-19-40(37)42-20-9-10-21-43(42)46/h1-33H. The van der Waals surface area contributed by atoms with Crippen LogP contribution in [0.4, 0.5) is 17.1 Å². The Labute approximate surface area is 307 Å². The van der Waals surface area contributed by atoms with Crippen molar-refractivity contribution in [2.24, 2.45) is 0 Å². The van der Waals surface area contributed by atoms with Crippen LogP contribution in [0, 0.1) is 0 Å². The topological polar surface area (TPSA) is 3.24 Å². The van der Waals surface area contributed by atoms with Gasteiger partial charge in [-0.3, -0.25) is 0 Å². The molecule has 2 heteroatoms. The van der Waals surface area contributed by atoms with Crippen LogP contribution in [0.2, 0.25) is 0 Å². The predicted octanol–water partition coefficient (Wildman–Crippen LogP) is 14.8. The van der Waals surface area contributed by atoms with Gasteiger partial charge in [-0.25, -0.2) is 0 Å². The van der Waals surface area contributed by atoms with E-state index in [9.17, 15) is 0 Å². The molecule has 0 aliphatic rings. The molecule has 10 rings (SSSR count). The lowest BCUT2D eigenvalue weighted by atomic mass is 9.93. The molecule has 0 fully saturated rings. The summed E-state index contributed by atoms with van der Waals surface area (Å²) in [5.74, 6) is 0. The SMILES string of the molecule is c1ccc(-c2ccc(N(c3ccc(-c4cc5ccccc5c5ccccc45)cc3)c3cccc4c3sc3ccccc34)cc2-c2ccccc2)cc1. The van der Waals surface area contributed by atoms with Gasteiger partial charge in [0.1, 0.15) is 0 Å². The Morgan fingerprint density at radius 3 is 1.67 bits per heavy atom. The molecule has 9 aromatic carbocycles. The second-order valence-electron chi connectivity index (χ2n) is 13.3. The largest absolute Gasteiger partial charge is 0.309 e. The summed E-state index contributed by atoms with van der Waals surface area (Å²) in [6, 6.07) is 72.9. The van der Waals surface area contributed by atoms with Gasteiger partial charge in [0.2, 0.25) is 0 Å². The van der Waals surface area contributed by atoms with Crippen molar-refractivity contribution in [1.82, 2.24) is 0 Å². The zero-order valence-corrected chi connectivity index (χ0v) is 29.2. The van der Waals surface area contributed by atoms with E-state index >= 15 is 0 Å². The molecule has 0 bridgehead atoms. The molecule has 0 saturated heterocycles. The molecule has 0 aliphatic heterocycles. The minimum absolute atomic E-state index is 1.12. The highest BCUT2D eigenvalue weighted by molar-refractivity contribution is 7.26. The zero-order chi connectivity index (χ0) is 34.4. The summed E-state index contributed by atoms with van der Waals surface area (Å²) in [6.45, 7) is 0. The minimum Gasteiger partial charge on any atom is -0.309 e. The first-order valence-electron chi connectivity index (χ1n) is 17.8. The average molecular weight is 680 g/mol. The third-order valence-corrected chi connectivity index (χ3v) is 11.5. The second-order valence-corrected chi connectivity index (χ2v) is 14.3. The average Bonchev–Trinajstić information content (AvgIpc) is 3.61. The van der Waals surface area contributed by atoms with Crippen molar-refractivity contribution in [2.75, 3.05) is 4.90 Å². The van der Waals surface area contributed by atoms with Crippen molar-refractivity contribution in [1.29, 1.82) is 0 Å². The van der Waals surface area contributed by atoms with Gasteiger partial charge in [-0.2, -0.15) is 0 Å². The fraction of sp³-hybridized carbons (Fsp3) is 0. The molecular formula is C50H33NS. The van der Waals surface area contributed by atoms with E-state index in [-0.39, 0.29) is 0 Å². The number of rotatable bonds is 6. The number of hydrogen-bond acceptors (Lipinski definition) is 2. The smallest absolute Gasteiger partial charge is 0.0640 e. The summed E-state index contributed by atoms with van der Waals surface area (Å²) < 4.78 is 2.58. The maximum Gasteiger partial charge on any atom is 0.0640 e. The van der Waals surface area contributed by atoms with Crippen molar-refractivity contribution in [3.8, 4) is 33.4 Å². The van der Waals surface area contributed by atoms with Gasteiger partial charge >= 0.3 is 0 Å². The number of thiophene rings is 1. The molecule has 0 spiro atoms. The number of fused-ring (bicyclic) bond motifs is 6. The van der Waals surface area contributed by atoms with Gasteiger partial charge in [0, 0.05) is 26.8 Å². The quantitative estimate of drug-likeness (QED) is 0.158. The first-order chi connectivity index (χ1) is 25.8. The van der Waals surface area contributed by atoms with Crippen LogP contribution in [0.5, 0.6) is 0 Å². The lowest BCUT2D eigenvalue weighted by molar-refractivity contribution is 1.30. The van der Waals surface area contributed by atoms with Gasteiger partial charge in [-0.15, -0.1) is 11.3 Å². The molecule has 0 amide bonds. The van der Waals surface area contributed by atoms with Crippen LogP contribution >= 0.6 is 11.3 Å². The van der Waals surface area contributed by atoms with Crippen molar-refractivity contribution >= 4 is 70.1 Å². The second kappa shape index (κ2) is 12.7. The van der Waals surface area contributed by atoms with Crippen LogP contribution in [0.1, 0.15) is 0 Å². The van der Waals surface area contributed by atoms with Gasteiger partial charge in [0.15, 0.2) is 0 Å². The third-order valence-electron chi connectivity index (χ3n) is 10.3. The highest BCUT2D eigenvalue weighted by Gasteiger charge is 2.20. The molecule has 0 N–H and O–H groups in total. The summed E-state index contributed by atoms with van der Waals surface area (Å²) in [4.78, 5) is 2.45. The van der Waals surface area contributed by atoms with E-state index in [0.29, 0.717) is 0 Å². The molecular weight excluding hydrogens is 647 g/mol. The van der Waals surface area contributed by atoms with E-state index in [1.165, 1.54) is 80.8 Å². The summed E-state index contributed by atoms with van der Waals surface area (Å²) in [5.41, 5.74) is 10.7. The number of nitrogens with zero attached hydrogens (tertiary/aromatic N) is 1. The van der Waals surface area contributed by atoms with Crippen LogP contribution in [0.25, 0.3) is 75.1 Å². The van der Waals surface area contributed by atoms with Crippen molar-refractivity contribution in [3.05, 3.63) is 200 Å². The Hall–Kier alpha value is -6.48. The van der Waals surface area contributed by atoms with Crippen LogP contribution < -0.4 is 4.90 Å². The summed E-state index contributed by atoms with van der Waals surface area (Å²) in [7, 11) is 0. The van der Waals surface area contributed by atoms with Crippen LogP contribution in [0.15, 0.2) is 200 Å². The molecule has 0 radical (unpaired) electrons. The van der Waals surface area contributed by atoms with Crippen LogP contribution in [0.3, 0.4) is 0 Å². The predicted molar refractivity (Wildman–Crippen MR) is 225 cm³/mol. The Morgan fingerprint density at radius 2 is 0.904 bits per heavy atom. The minimum atomic E-state index is 1.12. The fourth-order valence-corrected chi connectivity index (χ4v) is 9.02. The normalized spacial score (nSPS) is 11.5. The van der Waals surface area contributed by atoms with Crippen molar-refractivity contribution in [3.63, 3.8) is 0 Å². The van der Waals surface area contributed by atoms with Crippen molar-refractivity contribution in [2.45, 2.75) is 0 Å². The van der Waals surface area contributed by atoms with Gasteiger partial charge < -0.3 is 4.90 Å². The highest BCUT2D eigenvalue weighted by Crippen LogP contribution is 2.47. The van der Waals surface area contributed by atoms with E-state index in [4.69, 9.17) is 0 Å². The molecule has 10 aromatic rings. The number of anilines is 3. The third kappa shape index (κ3) is 5.16. The zero-order valence-electron chi connectivity index (χ0n) is 28.4. The Morgan fingerprint density at radius 1 is 0.327 bits per heavy atom. The molecule has 0 aliphatic carbocycles. The van der Waals surface area contributed by atoms with Gasteiger partial charge in [0.05, 0.1) is 10.4 Å². The maximum absolute atomic E-state index is 2.45. The molecule has 244 valence electrons. The lowest BCUT2D eigenvalue weighted by Gasteiger charge is -2.27. The monoisotopic (exact) mass is 679 g/mol. The molecule has 1 nitrogen and oxygen atoms in total. The first-order valence-corrected chi connectivity index (χ1v) is 18.6. The first kappa shape index (κ1) is 30.4. The van der Waals surface area contributed by atoms with E-state index in [1.807, 2.05) is 11.3 Å². The Balaban J connectivity index is 1.19. The molecule has 52 heavy (non-hydrogen) atoms. The maximum atomic E-state index is 2.45. The molecule has 0 atom stereocenters. The Kier molecular flexibility index (Phi) is 7.41. The van der Waals surface area contributed by atoms with E-state index in [1.54, 1.807) is 0 Å². The Bertz CT molecular complexity index is 2890. The van der Waals surface area contributed by atoms with E-state index < -0.39 is 0 Å². The van der Waals surface area contributed by atoms with E-state index in [2.05, 4.69) is 205 Å². The molecule has 1 heterocycles.